The van der Waals surface area contributed by atoms with Crippen molar-refractivity contribution in [3.8, 4) is 0 Å². The van der Waals surface area contributed by atoms with Gasteiger partial charge in [-0.2, -0.15) is 0 Å². The van der Waals surface area contributed by atoms with Crippen LogP contribution in [0.5, 0.6) is 0 Å². The molecule has 0 radical (unpaired) electrons. The molecule has 82 valence electrons. The van der Waals surface area contributed by atoms with Gasteiger partial charge in [0.1, 0.15) is 6.20 Å². The highest BCUT2D eigenvalue weighted by Gasteiger charge is 2.13. The van der Waals surface area contributed by atoms with Crippen LogP contribution in [0.15, 0.2) is 12.3 Å². The summed E-state index contributed by atoms with van der Waals surface area (Å²) in [6, 6.07) is 1.42. The van der Waals surface area contributed by atoms with E-state index in [0.29, 0.717) is 11.3 Å². The number of rotatable bonds is 3. The van der Waals surface area contributed by atoms with E-state index in [-0.39, 0.29) is 11.4 Å². The van der Waals surface area contributed by atoms with Gasteiger partial charge in [-0.25, -0.2) is 8.42 Å². The first-order chi connectivity index (χ1) is 6.79. The summed E-state index contributed by atoms with van der Waals surface area (Å²) >= 11 is 0. The van der Waals surface area contributed by atoms with Crippen LogP contribution in [-0.2, 0) is 15.6 Å². The molecule has 1 rings (SSSR count). The van der Waals surface area contributed by atoms with Gasteiger partial charge in [-0.05, 0) is 13.0 Å². The Morgan fingerprint density at radius 1 is 1.53 bits per heavy atom. The van der Waals surface area contributed by atoms with Crippen molar-refractivity contribution in [3.63, 3.8) is 0 Å². The SMILES string of the molecule is Cc1cc(CS(C)(=O)=O)ncc1[N+](=O)[O-]. The Morgan fingerprint density at radius 3 is 2.53 bits per heavy atom. The molecule has 0 unspecified atom stereocenters. The summed E-state index contributed by atoms with van der Waals surface area (Å²) in [5, 5.41) is 10.5. The fourth-order valence-electron chi connectivity index (χ4n) is 1.15. The van der Waals surface area contributed by atoms with Gasteiger partial charge in [0.05, 0.1) is 16.4 Å². The van der Waals surface area contributed by atoms with Gasteiger partial charge in [0, 0.05) is 11.8 Å². The van der Waals surface area contributed by atoms with Gasteiger partial charge in [0.15, 0.2) is 9.84 Å². The Morgan fingerprint density at radius 2 is 2.13 bits per heavy atom. The van der Waals surface area contributed by atoms with Crippen molar-refractivity contribution < 1.29 is 13.3 Å². The highest BCUT2D eigenvalue weighted by atomic mass is 32.2. The molecule has 7 heteroatoms. The largest absolute Gasteiger partial charge is 0.290 e. The lowest BCUT2D eigenvalue weighted by atomic mass is 10.2. The molecule has 0 N–H and O–H groups in total. The first-order valence-electron chi connectivity index (χ1n) is 4.07. The Hall–Kier alpha value is -1.50. The van der Waals surface area contributed by atoms with Crippen molar-refractivity contribution in [1.29, 1.82) is 0 Å². The number of hydrogen-bond acceptors (Lipinski definition) is 5. The van der Waals surface area contributed by atoms with Crippen LogP contribution in [0.1, 0.15) is 11.3 Å². The molecule has 0 aliphatic rings. The summed E-state index contributed by atoms with van der Waals surface area (Å²) in [7, 11) is -3.16. The highest BCUT2D eigenvalue weighted by molar-refractivity contribution is 7.89. The standard InChI is InChI=1S/C8H10N2O4S/c1-6-3-7(5-15(2,13)14)9-4-8(6)10(11)12/h3-4H,5H2,1-2H3. The van der Waals surface area contributed by atoms with Crippen LogP contribution in [0.4, 0.5) is 5.69 Å². The number of nitro groups is 1. The second-order valence-corrected chi connectivity index (χ2v) is 5.43. The summed E-state index contributed by atoms with van der Waals surface area (Å²) in [5.74, 6) is -0.203. The number of hydrogen-bond donors (Lipinski definition) is 0. The first kappa shape index (κ1) is 11.6. The minimum atomic E-state index is -3.16. The quantitative estimate of drug-likeness (QED) is 0.567. The second-order valence-electron chi connectivity index (χ2n) is 3.29. The maximum atomic E-state index is 11.0. The molecule has 0 spiro atoms. The lowest BCUT2D eigenvalue weighted by Crippen LogP contribution is -2.04. The van der Waals surface area contributed by atoms with E-state index in [2.05, 4.69) is 4.98 Å². The van der Waals surface area contributed by atoms with E-state index >= 15 is 0 Å². The van der Waals surface area contributed by atoms with E-state index in [4.69, 9.17) is 0 Å². The molecule has 0 aromatic carbocycles. The van der Waals surface area contributed by atoms with Crippen LogP contribution < -0.4 is 0 Å². The molecule has 1 aromatic heterocycles. The Bertz CT molecular complexity index is 495. The first-order valence-corrected chi connectivity index (χ1v) is 6.13. The predicted octanol–water partition coefficient (Wildman–Crippen LogP) is 0.843. The van der Waals surface area contributed by atoms with E-state index in [1.165, 1.54) is 6.07 Å². The molecule has 0 amide bonds. The highest BCUT2D eigenvalue weighted by Crippen LogP contribution is 2.17. The molecule has 0 fully saturated rings. The molecular weight excluding hydrogens is 220 g/mol. The molecule has 0 bridgehead atoms. The fourth-order valence-corrected chi connectivity index (χ4v) is 1.84. The molecule has 0 saturated carbocycles. The van der Waals surface area contributed by atoms with Gasteiger partial charge in [-0.15, -0.1) is 0 Å². The van der Waals surface area contributed by atoms with E-state index in [1.807, 2.05) is 0 Å². The number of nitrogens with zero attached hydrogens (tertiary/aromatic N) is 2. The summed E-state index contributed by atoms with van der Waals surface area (Å²) in [4.78, 5) is 13.6. The minimum absolute atomic E-state index is 0.104. The van der Waals surface area contributed by atoms with Crippen LogP contribution in [0.2, 0.25) is 0 Å². The van der Waals surface area contributed by atoms with E-state index < -0.39 is 14.8 Å². The van der Waals surface area contributed by atoms with Crippen molar-refractivity contribution in [2.45, 2.75) is 12.7 Å². The van der Waals surface area contributed by atoms with Crippen molar-refractivity contribution in [2.24, 2.45) is 0 Å². The summed E-state index contributed by atoms with van der Waals surface area (Å²) < 4.78 is 21.9. The smallest absolute Gasteiger partial charge is 0.258 e. The molecule has 1 heterocycles. The Labute approximate surface area is 87.0 Å². The average Bonchev–Trinajstić information content (AvgIpc) is 1.99. The molecule has 1 aromatic rings. The topological polar surface area (TPSA) is 90.2 Å². The van der Waals surface area contributed by atoms with Crippen molar-refractivity contribution >= 4 is 15.5 Å². The predicted molar refractivity (Wildman–Crippen MR) is 54.2 cm³/mol. The lowest BCUT2D eigenvalue weighted by Gasteiger charge is -2.00. The van der Waals surface area contributed by atoms with E-state index in [9.17, 15) is 18.5 Å². The Kier molecular flexibility index (Phi) is 3.04. The van der Waals surface area contributed by atoms with Gasteiger partial charge >= 0.3 is 0 Å². The van der Waals surface area contributed by atoms with Crippen LogP contribution in [0, 0.1) is 17.0 Å². The number of pyridine rings is 1. The molecule has 6 nitrogen and oxygen atoms in total. The van der Waals surface area contributed by atoms with Gasteiger partial charge in [-0.3, -0.25) is 15.1 Å². The summed E-state index contributed by atoms with van der Waals surface area (Å²) in [6.07, 6.45) is 2.17. The average molecular weight is 230 g/mol. The zero-order valence-electron chi connectivity index (χ0n) is 8.30. The molecule has 0 atom stereocenters. The van der Waals surface area contributed by atoms with Crippen molar-refractivity contribution in [2.75, 3.05) is 6.26 Å². The van der Waals surface area contributed by atoms with Crippen molar-refractivity contribution in [3.05, 3.63) is 33.6 Å². The van der Waals surface area contributed by atoms with Gasteiger partial charge in [-0.1, -0.05) is 0 Å². The molecule has 15 heavy (non-hydrogen) atoms. The molecule has 0 saturated heterocycles. The zero-order chi connectivity index (χ0) is 11.6. The maximum absolute atomic E-state index is 11.0. The van der Waals surface area contributed by atoms with E-state index in [1.54, 1.807) is 6.92 Å². The number of aromatic nitrogens is 1. The lowest BCUT2D eigenvalue weighted by molar-refractivity contribution is -0.385. The van der Waals surface area contributed by atoms with E-state index in [0.717, 1.165) is 12.5 Å². The molecule has 0 aliphatic carbocycles. The Balaban J connectivity index is 3.07. The maximum Gasteiger partial charge on any atom is 0.290 e. The molecule has 0 aliphatic heterocycles. The minimum Gasteiger partial charge on any atom is -0.258 e. The monoisotopic (exact) mass is 230 g/mol. The van der Waals surface area contributed by atoms with Gasteiger partial charge in [0.2, 0.25) is 0 Å². The van der Waals surface area contributed by atoms with Crippen LogP contribution >= 0.6 is 0 Å². The third-order valence-corrected chi connectivity index (χ3v) is 2.57. The zero-order valence-corrected chi connectivity index (χ0v) is 9.11. The number of aryl methyl sites for hydroxylation is 1. The van der Waals surface area contributed by atoms with Gasteiger partial charge in [0.25, 0.3) is 5.69 Å². The summed E-state index contributed by atoms with van der Waals surface area (Å²) in [6.45, 7) is 1.55. The van der Waals surface area contributed by atoms with Crippen LogP contribution in [0.3, 0.4) is 0 Å². The third kappa shape index (κ3) is 3.28. The number of sulfone groups is 1. The van der Waals surface area contributed by atoms with Crippen molar-refractivity contribution in [1.82, 2.24) is 4.98 Å². The normalized spacial score (nSPS) is 11.3. The molecular formula is C8H10N2O4S. The van der Waals surface area contributed by atoms with Crippen LogP contribution in [0.25, 0.3) is 0 Å². The summed E-state index contributed by atoms with van der Waals surface area (Å²) in [5.41, 5.74) is 0.626. The van der Waals surface area contributed by atoms with Gasteiger partial charge < -0.3 is 0 Å². The second kappa shape index (κ2) is 3.93. The fraction of sp³-hybridized carbons (Fsp3) is 0.375. The van der Waals surface area contributed by atoms with Crippen LogP contribution in [-0.4, -0.2) is 24.6 Å². The third-order valence-electron chi connectivity index (χ3n) is 1.75.